The zero-order valence-electron chi connectivity index (χ0n) is 14.1. The summed E-state index contributed by atoms with van der Waals surface area (Å²) in [4.78, 5) is 16.4. The lowest BCUT2D eigenvalue weighted by atomic mass is 10.00. The molecule has 8 heteroatoms. The predicted molar refractivity (Wildman–Crippen MR) is 85.3 cm³/mol. The van der Waals surface area contributed by atoms with Crippen molar-refractivity contribution in [2.24, 2.45) is 0 Å². The van der Waals surface area contributed by atoms with Crippen LogP contribution in [-0.2, 0) is 22.5 Å². The van der Waals surface area contributed by atoms with Crippen LogP contribution in [0, 0.1) is 13.8 Å². The Morgan fingerprint density at radius 3 is 2.83 bits per heavy atom. The topological polar surface area (TPSA) is 106 Å². The molecule has 1 aliphatic heterocycles. The lowest BCUT2D eigenvalue weighted by molar-refractivity contribution is -0.121. The number of nitrogens with one attached hydrogen (secondary N) is 2. The molecule has 2 aromatic heterocycles. The number of aromatic nitrogens is 4. The van der Waals surface area contributed by atoms with E-state index < -0.39 is 0 Å². The van der Waals surface area contributed by atoms with Crippen LogP contribution in [0.25, 0.3) is 0 Å². The highest BCUT2D eigenvalue weighted by Gasteiger charge is 2.21. The first-order chi connectivity index (χ1) is 11.6. The number of carbonyl (C=O) groups is 1. The molecule has 1 fully saturated rings. The third-order valence-corrected chi connectivity index (χ3v) is 4.39. The van der Waals surface area contributed by atoms with E-state index in [1.54, 1.807) is 0 Å². The number of hydrogen-bond donors (Lipinski definition) is 2. The zero-order chi connectivity index (χ0) is 16.9. The molecule has 1 amide bonds. The molecule has 3 rings (SSSR count). The zero-order valence-corrected chi connectivity index (χ0v) is 14.1. The van der Waals surface area contributed by atoms with Gasteiger partial charge in [0.15, 0.2) is 5.82 Å². The fraction of sp³-hybridized carbons (Fsp3) is 0.625. The summed E-state index contributed by atoms with van der Waals surface area (Å²) in [6.07, 6.45) is 2.89. The van der Waals surface area contributed by atoms with E-state index >= 15 is 0 Å². The number of H-pyrrole nitrogens is 1. The molecule has 0 atom stereocenters. The molecule has 0 unspecified atom stereocenters. The first kappa shape index (κ1) is 16.6. The van der Waals surface area contributed by atoms with Gasteiger partial charge in [0.05, 0.1) is 12.2 Å². The first-order valence-electron chi connectivity index (χ1n) is 8.31. The van der Waals surface area contributed by atoms with Gasteiger partial charge in [-0.25, -0.2) is 0 Å². The monoisotopic (exact) mass is 333 g/mol. The summed E-state index contributed by atoms with van der Waals surface area (Å²) in [5.41, 5.74) is 3.06. The number of aromatic amines is 1. The quantitative estimate of drug-likeness (QED) is 0.831. The van der Waals surface area contributed by atoms with Gasteiger partial charge in [-0.15, -0.1) is 0 Å². The Morgan fingerprint density at radius 1 is 1.33 bits per heavy atom. The van der Waals surface area contributed by atoms with Gasteiger partial charge in [0.25, 0.3) is 0 Å². The number of aryl methyl sites for hydroxylation is 2. The second-order valence-corrected chi connectivity index (χ2v) is 6.12. The Kier molecular flexibility index (Phi) is 5.24. The third kappa shape index (κ3) is 4.00. The molecule has 0 radical (unpaired) electrons. The van der Waals surface area contributed by atoms with Gasteiger partial charge in [-0.2, -0.15) is 10.1 Å². The largest absolute Gasteiger partial charge is 0.381 e. The Hall–Kier alpha value is -2.22. The predicted octanol–water partition coefficient (Wildman–Crippen LogP) is 1.55. The van der Waals surface area contributed by atoms with Gasteiger partial charge in [0.1, 0.15) is 0 Å². The highest BCUT2D eigenvalue weighted by molar-refractivity contribution is 5.76. The molecule has 0 aliphatic carbocycles. The fourth-order valence-corrected chi connectivity index (χ4v) is 2.90. The molecule has 2 aromatic rings. The van der Waals surface area contributed by atoms with Crippen molar-refractivity contribution in [3.05, 3.63) is 28.7 Å². The Morgan fingerprint density at radius 2 is 2.12 bits per heavy atom. The van der Waals surface area contributed by atoms with Gasteiger partial charge in [-0.1, -0.05) is 5.16 Å². The Labute approximate surface area is 140 Å². The van der Waals surface area contributed by atoms with Crippen molar-refractivity contribution in [1.29, 1.82) is 0 Å². The lowest BCUT2D eigenvalue weighted by Gasteiger charge is -2.18. The summed E-state index contributed by atoms with van der Waals surface area (Å²) < 4.78 is 10.6. The molecule has 0 saturated carbocycles. The molecule has 130 valence electrons. The SMILES string of the molecule is Cc1n[nH]c(C)c1CCC(=O)NCc1nc(C2CCOCC2)no1. The van der Waals surface area contributed by atoms with Gasteiger partial charge in [0, 0.05) is 31.2 Å². The molecule has 1 saturated heterocycles. The second kappa shape index (κ2) is 7.57. The van der Waals surface area contributed by atoms with Crippen molar-refractivity contribution in [2.45, 2.75) is 52.0 Å². The van der Waals surface area contributed by atoms with Gasteiger partial charge < -0.3 is 14.6 Å². The van der Waals surface area contributed by atoms with Crippen LogP contribution in [0.2, 0.25) is 0 Å². The van der Waals surface area contributed by atoms with Crippen molar-refractivity contribution in [2.75, 3.05) is 13.2 Å². The van der Waals surface area contributed by atoms with E-state index in [2.05, 4.69) is 25.7 Å². The normalized spacial score (nSPS) is 15.6. The van der Waals surface area contributed by atoms with E-state index in [-0.39, 0.29) is 12.5 Å². The number of carbonyl (C=O) groups excluding carboxylic acids is 1. The van der Waals surface area contributed by atoms with Crippen LogP contribution in [0.4, 0.5) is 0 Å². The maximum atomic E-state index is 12.0. The third-order valence-electron chi connectivity index (χ3n) is 4.39. The number of hydrogen-bond acceptors (Lipinski definition) is 6. The van der Waals surface area contributed by atoms with Crippen LogP contribution in [0.3, 0.4) is 0 Å². The van der Waals surface area contributed by atoms with Crippen molar-refractivity contribution in [3.63, 3.8) is 0 Å². The van der Waals surface area contributed by atoms with Crippen LogP contribution >= 0.6 is 0 Å². The smallest absolute Gasteiger partial charge is 0.246 e. The molecular weight excluding hydrogens is 310 g/mol. The molecule has 3 heterocycles. The summed E-state index contributed by atoms with van der Waals surface area (Å²) >= 11 is 0. The minimum absolute atomic E-state index is 0.0409. The van der Waals surface area contributed by atoms with E-state index in [0.717, 1.165) is 43.0 Å². The van der Waals surface area contributed by atoms with Gasteiger partial charge in [-0.3, -0.25) is 9.89 Å². The standard InChI is InChI=1S/C16H23N5O3/c1-10-13(11(2)20-19-10)3-4-14(22)17-9-15-18-16(21-24-15)12-5-7-23-8-6-12/h12H,3-9H2,1-2H3,(H,17,22)(H,19,20). The van der Waals surface area contributed by atoms with E-state index in [9.17, 15) is 4.79 Å². The number of nitrogens with zero attached hydrogens (tertiary/aromatic N) is 3. The molecule has 24 heavy (non-hydrogen) atoms. The second-order valence-electron chi connectivity index (χ2n) is 6.12. The average molecular weight is 333 g/mol. The van der Waals surface area contributed by atoms with E-state index in [4.69, 9.17) is 9.26 Å². The minimum Gasteiger partial charge on any atom is -0.381 e. The highest BCUT2D eigenvalue weighted by atomic mass is 16.5. The number of rotatable bonds is 6. The van der Waals surface area contributed by atoms with Crippen molar-refractivity contribution in [1.82, 2.24) is 25.7 Å². The maximum absolute atomic E-state index is 12.0. The molecule has 0 bridgehead atoms. The Balaban J connectivity index is 1.45. The fourth-order valence-electron chi connectivity index (χ4n) is 2.90. The van der Waals surface area contributed by atoms with E-state index in [0.29, 0.717) is 30.5 Å². The summed E-state index contributed by atoms with van der Waals surface area (Å²) in [7, 11) is 0. The maximum Gasteiger partial charge on any atom is 0.246 e. The molecule has 0 spiro atoms. The van der Waals surface area contributed by atoms with Gasteiger partial charge in [-0.05, 0) is 38.7 Å². The van der Waals surface area contributed by atoms with Crippen LogP contribution in [-0.4, -0.2) is 39.5 Å². The summed E-state index contributed by atoms with van der Waals surface area (Å²) in [6, 6.07) is 0. The Bertz CT molecular complexity index is 668. The van der Waals surface area contributed by atoms with Gasteiger partial charge in [0.2, 0.25) is 11.8 Å². The van der Waals surface area contributed by atoms with Crippen molar-refractivity contribution in [3.8, 4) is 0 Å². The van der Waals surface area contributed by atoms with Crippen molar-refractivity contribution < 1.29 is 14.1 Å². The number of ether oxygens (including phenoxy) is 1. The minimum atomic E-state index is -0.0409. The molecule has 8 nitrogen and oxygen atoms in total. The van der Waals surface area contributed by atoms with Crippen LogP contribution in [0.1, 0.15) is 53.8 Å². The van der Waals surface area contributed by atoms with E-state index in [1.165, 1.54) is 0 Å². The first-order valence-corrected chi connectivity index (χ1v) is 8.31. The van der Waals surface area contributed by atoms with Crippen LogP contribution in [0.15, 0.2) is 4.52 Å². The van der Waals surface area contributed by atoms with E-state index in [1.807, 2.05) is 13.8 Å². The highest BCUT2D eigenvalue weighted by Crippen LogP contribution is 2.24. The average Bonchev–Trinajstić information content (AvgIpc) is 3.19. The lowest BCUT2D eigenvalue weighted by Crippen LogP contribution is -2.23. The summed E-state index contributed by atoms with van der Waals surface area (Å²) in [5, 5.41) is 13.9. The van der Waals surface area contributed by atoms with Crippen LogP contribution < -0.4 is 5.32 Å². The number of amides is 1. The van der Waals surface area contributed by atoms with Crippen molar-refractivity contribution >= 4 is 5.91 Å². The van der Waals surface area contributed by atoms with Gasteiger partial charge >= 0.3 is 0 Å². The molecule has 2 N–H and O–H groups in total. The molecule has 1 aliphatic rings. The molecular formula is C16H23N5O3. The van der Waals surface area contributed by atoms with Crippen LogP contribution in [0.5, 0.6) is 0 Å². The summed E-state index contributed by atoms with van der Waals surface area (Å²) in [6.45, 7) is 5.63. The molecule has 0 aromatic carbocycles. The summed E-state index contributed by atoms with van der Waals surface area (Å²) in [5.74, 6) is 1.41.